The van der Waals surface area contributed by atoms with E-state index in [1.54, 1.807) is 36.4 Å². The number of fused-ring (bicyclic) bond motifs is 1. The number of pyridine rings is 1. The fraction of sp³-hybridized carbons (Fsp3) is 0.346. The van der Waals surface area contributed by atoms with E-state index in [9.17, 15) is 27.9 Å². The number of carboxylic acids is 1. The molecule has 0 bridgehead atoms. The maximum atomic E-state index is 13.8. The minimum atomic E-state index is -4.64. The van der Waals surface area contributed by atoms with E-state index in [1.807, 2.05) is 0 Å². The first kappa shape index (κ1) is 25.0. The maximum absolute atomic E-state index is 13.8. The van der Waals surface area contributed by atoms with Gasteiger partial charge in [0, 0.05) is 11.6 Å². The molecule has 1 aliphatic carbocycles. The summed E-state index contributed by atoms with van der Waals surface area (Å²) in [6.07, 6.45) is -1.45. The molecule has 1 aromatic heterocycles. The van der Waals surface area contributed by atoms with E-state index in [0.717, 1.165) is 25.2 Å². The number of carbonyl (C=O) groups is 2. The molecule has 0 unspecified atom stereocenters. The Morgan fingerprint density at radius 2 is 1.83 bits per heavy atom. The number of hydrogen-bond donors (Lipinski definition) is 2. The van der Waals surface area contributed by atoms with Crippen LogP contribution in [-0.4, -0.2) is 28.1 Å². The summed E-state index contributed by atoms with van der Waals surface area (Å²) in [6.45, 7) is 0.954. The SMILES string of the molecule is C[C@H]([C@@H](C(=O)Nc1cc([C@@H](CC(=O)O)C2CC2)ccc1Cl)c1cc2ccccc2cn1)C(F)(F)F. The molecule has 2 aromatic carbocycles. The number of carboxylic acid groups (broad SMARTS) is 1. The molecule has 3 atom stereocenters. The molecule has 5 nitrogen and oxygen atoms in total. The Morgan fingerprint density at radius 1 is 1.14 bits per heavy atom. The number of aliphatic carboxylic acids is 1. The van der Waals surface area contributed by atoms with Gasteiger partial charge in [-0.3, -0.25) is 14.6 Å². The average molecular weight is 505 g/mol. The minimum Gasteiger partial charge on any atom is -0.481 e. The summed E-state index contributed by atoms with van der Waals surface area (Å²) in [5.74, 6) is -5.49. The summed E-state index contributed by atoms with van der Waals surface area (Å²) >= 11 is 6.28. The Kier molecular flexibility index (Phi) is 7.03. The van der Waals surface area contributed by atoms with Crippen molar-refractivity contribution < 1.29 is 27.9 Å². The van der Waals surface area contributed by atoms with Crippen LogP contribution in [0.5, 0.6) is 0 Å². The molecule has 9 heteroatoms. The Bertz CT molecular complexity index is 1260. The molecule has 0 aliphatic heterocycles. The van der Waals surface area contributed by atoms with Gasteiger partial charge in [0.15, 0.2) is 0 Å². The average Bonchev–Trinajstić information content (AvgIpc) is 3.64. The number of hydrogen-bond acceptors (Lipinski definition) is 3. The lowest BCUT2D eigenvalue weighted by molar-refractivity contribution is -0.178. The molecule has 0 spiro atoms. The van der Waals surface area contributed by atoms with Crippen molar-refractivity contribution in [1.82, 2.24) is 4.98 Å². The molecule has 35 heavy (non-hydrogen) atoms. The fourth-order valence-corrected chi connectivity index (χ4v) is 4.57. The Morgan fingerprint density at radius 3 is 2.46 bits per heavy atom. The third-order valence-electron chi connectivity index (χ3n) is 6.53. The van der Waals surface area contributed by atoms with Gasteiger partial charge < -0.3 is 10.4 Å². The summed E-state index contributed by atoms with van der Waals surface area (Å²) in [6, 6.07) is 13.4. The van der Waals surface area contributed by atoms with Crippen molar-refractivity contribution in [3.05, 3.63) is 71.0 Å². The normalized spacial score (nSPS) is 16.5. The first-order valence-electron chi connectivity index (χ1n) is 11.3. The third-order valence-corrected chi connectivity index (χ3v) is 6.86. The molecule has 1 heterocycles. The zero-order chi connectivity index (χ0) is 25.3. The lowest BCUT2D eigenvalue weighted by Crippen LogP contribution is -2.35. The highest BCUT2D eigenvalue weighted by atomic mass is 35.5. The van der Waals surface area contributed by atoms with Crippen molar-refractivity contribution in [1.29, 1.82) is 0 Å². The van der Waals surface area contributed by atoms with Gasteiger partial charge in [0.05, 0.1) is 34.7 Å². The Balaban J connectivity index is 1.68. The van der Waals surface area contributed by atoms with Crippen LogP contribution in [0.3, 0.4) is 0 Å². The number of alkyl halides is 3. The lowest BCUT2D eigenvalue weighted by Gasteiger charge is -2.25. The van der Waals surface area contributed by atoms with Gasteiger partial charge in [-0.05, 0) is 53.8 Å². The molecule has 2 N–H and O–H groups in total. The van der Waals surface area contributed by atoms with Crippen LogP contribution in [0.2, 0.25) is 5.02 Å². The molecular formula is C26H24ClF3N2O3. The molecule has 1 amide bonds. The van der Waals surface area contributed by atoms with Gasteiger partial charge in [-0.1, -0.05) is 48.9 Å². The van der Waals surface area contributed by atoms with Gasteiger partial charge >= 0.3 is 12.1 Å². The van der Waals surface area contributed by atoms with E-state index < -0.39 is 29.9 Å². The smallest absolute Gasteiger partial charge is 0.392 e. The molecule has 0 radical (unpaired) electrons. The molecule has 4 rings (SSSR count). The van der Waals surface area contributed by atoms with Crippen molar-refractivity contribution in [2.24, 2.45) is 11.8 Å². The first-order valence-corrected chi connectivity index (χ1v) is 11.7. The molecule has 184 valence electrons. The van der Waals surface area contributed by atoms with Crippen LogP contribution < -0.4 is 5.32 Å². The summed E-state index contributed by atoms with van der Waals surface area (Å²) in [5.41, 5.74) is 0.823. The van der Waals surface area contributed by atoms with E-state index >= 15 is 0 Å². The highest BCUT2D eigenvalue weighted by molar-refractivity contribution is 6.33. The standard InChI is InChI=1S/C26H24ClF3N2O3/c1-14(26(28,29)30)24(22-10-16-4-2-3-5-18(16)13-31-22)25(35)32-21-11-17(8-9-20(21)27)19(12-23(33)34)15-6-7-15/h2-5,8-11,13-15,19,24H,6-7,12H2,1H3,(H,32,35)(H,33,34)/t14-,19+,24-/m1/s1. The predicted molar refractivity (Wildman–Crippen MR) is 128 cm³/mol. The van der Waals surface area contributed by atoms with Crippen molar-refractivity contribution in [3.8, 4) is 0 Å². The lowest BCUT2D eigenvalue weighted by atomic mass is 9.88. The Labute approximate surface area is 205 Å². The van der Waals surface area contributed by atoms with Gasteiger partial charge in [-0.15, -0.1) is 0 Å². The maximum Gasteiger partial charge on any atom is 0.392 e. The fourth-order valence-electron chi connectivity index (χ4n) is 4.40. The number of nitrogens with one attached hydrogen (secondary N) is 1. The van der Waals surface area contributed by atoms with E-state index in [2.05, 4.69) is 10.3 Å². The van der Waals surface area contributed by atoms with Crippen LogP contribution in [-0.2, 0) is 9.59 Å². The Hall–Kier alpha value is -3.13. The largest absolute Gasteiger partial charge is 0.481 e. The molecule has 0 saturated heterocycles. The van der Waals surface area contributed by atoms with Crippen LogP contribution in [0, 0.1) is 11.8 Å². The van der Waals surface area contributed by atoms with E-state index in [1.165, 1.54) is 18.3 Å². The zero-order valence-electron chi connectivity index (χ0n) is 18.8. The van der Waals surface area contributed by atoms with Gasteiger partial charge in [0.1, 0.15) is 0 Å². The zero-order valence-corrected chi connectivity index (χ0v) is 19.6. The van der Waals surface area contributed by atoms with E-state index in [-0.39, 0.29) is 34.7 Å². The second-order valence-corrected chi connectivity index (χ2v) is 9.44. The molecule has 1 aliphatic rings. The monoisotopic (exact) mass is 504 g/mol. The second-order valence-electron chi connectivity index (χ2n) is 9.03. The highest BCUT2D eigenvalue weighted by Gasteiger charge is 2.45. The number of nitrogens with zero attached hydrogens (tertiary/aromatic N) is 1. The number of anilines is 1. The van der Waals surface area contributed by atoms with Crippen molar-refractivity contribution >= 4 is 39.9 Å². The van der Waals surface area contributed by atoms with Crippen molar-refractivity contribution in [2.45, 2.75) is 44.2 Å². The van der Waals surface area contributed by atoms with Crippen LogP contribution in [0.1, 0.15) is 49.3 Å². The van der Waals surface area contributed by atoms with Crippen LogP contribution >= 0.6 is 11.6 Å². The number of aromatic nitrogens is 1. The summed E-state index contributed by atoms with van der Waals surface area (Å²) in [7, 11) is 0. The number of benzene rings is 2. The van der Waals surface area contributed by atoms with Gasteiger partial charge in [-0.25, -0.2) is 0 Å². The van der Waals surface area contributed by atoms with Crippen LogP contribution in [0.4, 0.5) is 18.9 Å². The molecule has 1 fully saturated rings. The number of halogens is 4. The summed E-state index contributed by atoms with van der Waals surface area (Å²) in [5, 5.41) is 13.4. The topological polar surface area (TPSA) is 79.3 Å². The summed E-state index contributed by atoms with van der Waals surface area (Å²) in [4.78, 5) is 28.8. The quantitative estimate of drug-likeness (QED) is 0.354. The highest BCUT2D eigenvalue weighted by Crippen LogP contribution is 2.46. The molecular weight excluding hydrogens is 481 g/mol. The number of carbonyl (C=O) groups excluding carboxylic acids is 1. The van der Waals surface area contributed by atoms with Crippen LogP contribution in [0.15, 0.2) is 54.7 Å². The summed E-state index contributed by atoms with van der Waals surface area (Å²) < 4.78 is 41.3. The number of rotatable bonds is 8. The van der Waals surface area contributed by atoms with Crippen molar-refractivity contribution in [3.63, 3.8) is 0 Å². The van der Waals surface area contributed by atoms with Gasteiger partial charge in [0.2, 0.25) is 5.91 Å². The van der Waals surface area contributed by atoms with Gasteiger partial charge in [-0.2, -0.15) is 13.2 Å². The first-order chi connectivity index (χ1) is 16.5. The number of amides is 1. The molecule has 1 saturated carbocycles. The van der Waals surface area contributed by atoms with Gasteiger partial charge in [0.25, 0.3) is 0 Å². The minimum absolute atomic E-state index is 0.0000335. The van der Waals surface area contributed by atoms with E-state index in [0.29, 0.717) is 10.9 Å². The predicted octanol–water partition coefficient (Wildman–Crippen LogP) is 6.78. The molecule has 3 aromatic rings. The second kappa shape index (κ2) is 9.85. The van der Waals surface area contributed by atoms with E-state index in [4.69, 9.17) is 11.6 Å². The van der Waals surface area contributed by atoms with Crippen LogP contribution in [0.25, 0.3) is 10.8 Å². The van der Waals surface area contributed by atoms with Crippen molar-refractivity contribution in [2.75, 3.05) is 5.32 Å². The third kappa shape index (κ3) is 5.75.